The Morgan fingerprint density at radius 3 is 2.25 bits per heavy atom. The van der Waals surface area contributed by atoms with Gasteiger partial charge in [0.1, 0.15) is 0 Å². The maximum Gasteiger partial charge on any atom is 1.00 e. The number of hydrogen-bond acceptors (Lipinski definition) is 5. The van der Waals surface area contributed by atoms with Gasteiger partial charge in [0.2, 0.25) is 5.76 Å². The van der Waals surface area contributed by atoms with Crippen molar-refractivity contribution in [3.8, 4) is 0 Å². The summed E-state index contributed by atoms with van der Waals surface area (Å²) in [7, 11) is -2.45. The van der Waals surface area contributed by atoms with Gasteiger partial charge < -0.3 is 11.3 Å². The Bertz CT molecular complexity index is 283. The van der Waals surface area contributed by atoms with Crippen LogP contribution in [-0.4, -0.2) is 32.9 Å². The number of methoxy groups -OCH3 is 1. The Hall–Kier alpha value is -0.0400. The molecule has 0 heterocycles. The van der Waals surface area contributed by atoms with E-state index in [9.17, 15) is 13.2 Å². The molecule has 0 aliphatic rings. The first-order valence-electron chi connectivity index (χ1n) is 2.56. The van der Waals surface area contributed by atoms with E-state index in [2.05, 4.69) is 4.74 Å². The first-order chi connectivity index (χ1) is 4.87. The van der Waals surface area contributed by atoms with Crippen LogP contribution in [0.5, 0.6) is 0 Å². The van der Waals surface area contributed by atoms with Gasteiger partial charge in [0.25, 0.3) is 0 Å². The molecular formula is C5H9NaO5S. The van der Waals surface area contributed by atoms with Crippen molar-refractivity contribution in [3.05, 3.63) is 11.2 Å². The van der Waals surface area contributed by atoms with E-state index in [0.717, 1.165) is 13.4 Å². The molecule has 1 N–H and O–H groups in total. The zero-order chi connectivity index (χ0) is 9.07. The molecule has 7 heteroatoms. The van der Waals surface area contributed by atoms with Crippen molar-refractivity contribution in [2.45, 2.75) is 0 Å². The van der Waals surface area contributed by atoms with Gasteiger partial charge in [-0.3, -0.25) is 0 Å². The van der Waals surface area contributed by atoms with Crippen LogP contribution in [-0.2, 0) is 19.4 Å². The van der Waals surface area contributed by atoms with E-state index in [1.54, 1.807) is 0 Å². The van der Waals surface area contributed by atoms with Crippen molar-refractivity contribution in [1.29, 1.82) is 0 Å². The fourth-order valence-corrected chi connectivity index (χ4v) is 0.857. The summed E-state index contributed by atoms with van der Waals surface area (Å²) in [5, 5.41) is 9.09. The maximum atomic E-state index is 10.4. The van der Waals surface area contributed by atoms with Crippen molar-refractivity contribution >= 4 is 15.8 Å². The quantitative estimate of drug-likeness (QED) is 0.221. The zero-order valence-corrected chi connectivity index (χ0v) is 9.88. The molecule has 0 aliphatic heterocycles. The first kappa shape index (κ1) is 14.5. The second-order valence-corrected chi connectivity index (χ2v) is 3.72. The van der Waals surface area contributed by atoms with Crippen molar-refractivity contribution in [2.75, 3.05) is 13.4 Å². The minimum Gasteiger partial charge on any atom is -1.00 e. The number of esters is 1. The molecule has 0 fully saturated rings. The fourth-order valence-electron chi connectivity index (χ4n) is 0.355. The molecule has 0 aromatic carbocycles. The van der Waals surface area contributed by atoms with E-state index in [0.29, 0.717) is 5.41 Å². The molecule has 0 atom stereocenters. The Balaban J connectivity index is -0.000000500. The zero-order valence-electron chi connectivity index (χ0n) is 8.07. The maximum absolute atomic E-state index is 10.4. The number of carbonyl (C=O) groups excluding carboxylic acids is 1. The standard InChI is InChI=1S/C5H8O5S.Na.H/c1-10-5(7)4(6)3-11(2,8)9;;/h3,6H,1-2H3;;/q;+1;-1. The van der Waals surface area contributed by atoms with Gasteiger partial charge in [0.05, 0.1) is 12.5 Å². The van der Waals surface area contributed by atoms with E-state index < -0.39 is 21.6 Å². The predicted molar refractivity (Wildman–Crippen MR) is 38.7 cm³/mol. The monoisotopic (exact) mass is 204 g/mol. The third-order valence-electron chi connectivity index (χ3n) is 0.720. The van der Waals surface area contributed by atoms with E-state index in [1.807, 2.05) is 0 Å². The number of ether oxygens (including phenoxy) is 1. The van der Waals surface area contributed by atoms with Crippen LogP contribution in [0.15, 0.2) is 11.2 Å². The fraction of sp³-hybridized carbons (Fsp3) is 0.400. The topological polar surface area (TPSA) is 80.7 Å². The van der Waals surface area contributed by atoms with E-state index >= 15 is 0 Å². The third-order valence-corrected chi connectivity index (χ3v) is 1.37. The molecule has 0 rings (SSSR count). The molecule has 5 nitrogen and oxygen atoms in total. The summed E-state index contributed by atoms with van der Waals surface area (Å²) >= 11 is 0. The van der Waals surface area contributed by atoms with Gasteiger partial charge in [-0.15, -0.1) is 0 Å². The van der Waals surface area contributed by atoms with Gasteiger partial charge in [0.15, 0.2) is 9.84 Å². The van der Waals surface area contributed by atoms with E-state index in [4.69, 9.17) is 5.11 Å². The SMILES string of the molecule is COC(=O)C(O)=CS(C)(=O)=O.[H-].[Na+]. The van der Waals surface area contributed by atoms with Gasteiger partial charge in [0, 0.05) is 6.26 Å². The molecule has 0 unspecified atom stereocenters. The predicted octanol–water partition coefficient (Wildman–Crippen LogP) is -3.28. The molecule has 12 heavy (non-hydrogen) atoms. The second-order valence-electron chi connectivity index (χ2n) is 1.82. The van der Waals surface area contributed by atoms with Gasteiger partial charge in [-0.2, -0.15) is 0 Å². The summed E-state index contributed by atoms with van der Waals surface area (Å²) in [6.45, 7) is 0. The minimum atomic E-state index is -3.49. The van der Waals surface area contributed by atoms with Crippen LogP contribution < -0.4 is 29.6 Å². The van der Waals surface area contributed by atoms with Crippen LogP contribution in [0.25, 0.3) is 0 Å². The molecule has 66 valence electrons. The molecule has 0 bridgehead atoms. The average molecular weight is 204 g/mol. The smallest absolute Gasteiger partial charge is 1.00 e. The summed E-state index contributed by atoms with van der Waals surface area (Å²) in [6, 6.07) is 0. The van der Waals surface area contributed by atoms with Gasteiger partial charge in [-0.05, 0) is 0 Å². The largest absolute Gasteiger partial charge is 1.00 e. The van der Waals surface area contributed by atoms with Crippen molar-refractivity contribution < 1.29 is 54.0 Å². The first-order valence-corrected chi connectivity index (χ1v) is 4.51. The molecule has 0 aromatic heterocycles. The van der Waals surface area contributed by atoms with Crippen LogP contribution in [0.3, 0.4) is 0 Å². The van der Waals surface area contributed by atoms with Gasteiger partial charge >= 0.3 is 35.5 Å². The van der Waals surface area contributed by atoms with Crippen LogP contribution in [0.4, 0.5) is 0 Å². The number of carbonyl (C=O) groups is 1. The molecule has 0 spiro atoms. The van der Waals surface area contributed by atoms with Crippen molar-refractivity contribution in [3.63, 3.8) is 0 Å². The molecular weight excluding hydrogens is 195 g/mol. The molecule has 0 aromatic rings. The van der Waals surface area contributed by atoms with E-state index in [-0.39, 0.29) is 31.0 Å². The third kappa shape index (κ3) is 6.66. The molecule has 0 saturated heterocycles. The summed E-state index contributed by atoms with van der Waals surface area (Å²) in [6.07, 6.45) is 0.853. The number of sulfone groups is 1. The number of aliphatic hydroxyl groups is 1. The van der Waals surface area contributed by atoms with Crippen LogP contribution in [0.2, 0.25) is 0 Å². The number of hydrogen-bond donors (Lipinski definition) is 1. The van der Waals surface area contributed by atoms with Crippen LogP contribution >= 0.6 is 0 Å². The summed E-state index contributed by atoms with van der Waals surface area (Å²) in [5.41, 5.74) is 0. The second kappa shape index (κ2) is 5.58. The Kier molecular flexibility index (Phi) is 6.73. The molecule has 0 saturated carbocycles. The van der Waals surface area contributed by atoms with Crippen LogP contribution in [0.1, 0.15) is 1.43 Å². The summed E-state index contributed by atoms with van der Waals surface area (Å²) in [4.78, 5) is 10.4. The van der Waals surface area contributed by atoms with Gasteiger partial charge in [-0.25, -0.2) is 13.2 Å². The Morgan fingerprint density at radius 2 is 2.00 bits per heavy atom. The van der Waals surface area contributed by atoms with Crippen molar-refractivity contribution in [1.82, 2.24) is 0 Å². The van der Waals surface area contributed by atoms with Crippen molar-refractivity contribution in [2.24, 2.45) is 0 Å². The summed E-state index contributed by atoms with van der Waals surface area (Å²) in [5.74, 6) is -1.99. The Labute approximate surface area is 94.1 Å². The molecule has 0 radical (unpaired) electrons. The van der Waals surface area contributed by atoms with Crippen LogP contribution in [0, 0.1) is 0 Å². The number of aliphatic hydroxyl groups excluding tert-OH is 1. The number of rotatable bonds is 2. The normalized spacial score (nSPS) is 11.7. The molecule has 0 aliphatic carbocycles. The summed E-state index contributed by atoms with van der Waals surface area (Å²) < 4.78 is 24.9. The average Bonchev–Trinajstić information content (AvgIpc) is 1.82. The molecule has 0 amide bonds. The minimum absolute atomic E-state index is 0. The van der Waals surface area contributed by atoms with Gasteiger partial charge in [-0.1, -0.05) is 0 Å². The Morgan fingerprint density at radius 1 is 1.58 bits per heavy atom. The van der Waals surface area contributed by atoms with E-state index in [1.165, 1.54) is 0 Å².